The molecule has 6 heteroatoms. The maximum atomic E-state index is 5.04. The van der Waals surface area contributed by atoms with E-state index in [1.54, 1.807) is 14.2 Å². The third kappa shape index (κ3) is 2.95. The highest BCUT2D eigenvalue weighted by Gasteiger charge is 2.11. The second-order valence-corrected chi connectivity index (χ2v) is 3.28. The Hall–Kier alpha value is -1.59. The molecule has 0 aliphatic carbocycles. The monoisotopic (exact) mass is 225 g/mol. The molecule has 1 heterocycles. The van der Waals surface area contributed by atoms with E-state index in [-0.39, 0.29) is 0 Å². The van der Waals surface area contributed by atoms with Gasteiger partial charge in [-0.1, -0.05) is 6.92 Å². The third-order valence-electron chi connectivity index (χ3n) is 2.17. The van der Waals surface area contributed by atoms with Crippen molar-refractivity contribution in [2.24, 2.45) is 0 Å². The molecule has 0 saturated carbocycles. The standard InChI is InChI=1S/C10H19N5O/c1-5-7-15(6-2)9-12-8(11-3)13-10(14-9)16-4/h5-7H2,1-4H3,(H,11,12,13,14). The molecule has 0 unspecified atom stereocenters. The Morgan fingerprint density at radius 3 is 2.50 bits per heavy atom. The van der Waals surface area contributed by atoms with Gasteiger partial charge in [0.25, 0.3) is 0 Å². The van der Waals surface area contributed by atoms with E-state index in [9.17, 15) is 0 Å². The fourth-order valence-corrected chi connectivity index (χ4v) is 1.36. The molecule has 0 amide bonds. The molecular formula is C10H19N5O. The fourth-order valence-electron chi connectivity index (χ4n) is 1.36. The lowest BCUT2D eigenvalue weighted by molar-refractivity contribution is 0.378. The van der Waals surface area contributed by atoms with Crippen molar-refractivity contribution in [3.8, 4) is 6.01 Å². The topological polar surface area (TPSA) is 63.2 Å². The molecule has 1 N–H and O–H groups in total. The largest absolute Gasteiger partial charge is 0.467 e. The zero-order valence-electron chi connectivity index (χ0n) is 10.3. The summed E-state index contributed by atoms with van der Waals surface area (Å²) in [7, 11) is 3.32. The fraction of sp³-hybridized carbons (Fsp3) is 0.700. The maximum absolute atomic E-state index is 5.04. The summed E-state index contributed by atoms with van der Waals surface area (Å²) in [5, 5.41) is 2.89. The van der Waals surface area contributed by atoms with Gasteiger partial charge < -0.3 is 15.0 Å². The molecule has 0 aliphatic heterocycles. The summed E-state index contributed by atoms with van der Waals surface area (Å²) in [6, 6.07) is 0.337. The van der Waals surface area contributed by atoms with Crippen molar-refractivity contribution >= 4 is 11.9 Å². The van der Waals surface area contributed by atoms with Crippen molar-refractivity contribution in [1.82, 2.24) is 15.0 Å². The summed E-state index contributed by atoms with van der Waals surface area (Å²) in [6.07, 6.45) is 1.05. The van der Waals surface area contributed by atoms with Crippen LogP contribution in [-0.2, 0) is 0 Å². The van der Waals surface area contributed by atoms with E-state index in [0.717, 1.165) is 19.5 Å². The second-order valence-electron chi connectivity index (χ2n) is 3.28. The van der Waals surface area contributed by atoms with Gasteiger partial charge in [0.05, 0.1) is 7.11 Å². The summed E-state index contributed by atoms with van der Waals surface area (Å²) < 4.78 is 5.04. The van der Waals surface area contributed by atoms with Gasteiger partial charge in [0.2, 0.25) is 11.9 Å². The third-order valence-corrected chi connectivity index (χ3v) is 2.17. The van der Waals surface area contributed by atoms with Crippen LogP contribution in [0.4, 0.5) is 11.9 Å². The molecule has 0 saturated heterocycles. The predicted octanol–water partition coefficient (Wildman–Crippen LogP) is 1.16. The predicted molar refractivity (Wildman–Crippen MR) is 64.1 cm³/mol. The van der Waals surface area contributed by atoms with Crippen LogP contribution in [0.1, 0.15) is 20.3 Å². The summed E-state index contributed by atoms with van der Waals surface area (Å²) in [6.45, 7) is 5.99. The van der Waals surface area contributed by atoms with Crippen LogP contribution < -0.4 is 15.0 Å². The number of ether oxygens (including phenoxy) is 1. The van der Waals surface area contributed by atoms with Crippen LogP contribution in [0.5, 0.6) is 6.01 Å². The minimum Gasteiger partial charge on any atom is -0.467 e. The molecule has 0 spiro atoms. The Morgan fingerprint density at radius 2 is 2.00 bits per heavy atom. The summed E-state index contributed by atoms with van der Waals surface area (Å²) in [5.74, 6) is 1.18. The summed E-state index contributed by atoms with van der Waals surface area (Å²) >= 11 is 0. The number of nitrogens with zero attached hydrogens (tertiary/aromatic N) is 4. The minimum absolute atomic E-state index is 0.337. The lowest BCUT2D eigenvalue weighted by Crippen LogP contribution is -2.26. The van der Waals surface area contributed by atoms with E-state index in [1.165, 1.54) is 0 Å². The number of aromatic nitrogens is 3. The highest BCUT2D eigenvalue weighted by Crippen LogP contribution is 2.14. The quantitative estimate of drug-likeness (QED) is 0.783. The maximum Gasteiger partial charge on any atom is 0.322 e. The minimum atomic E-state index is 0.337. The van der Waals surface area contributed by atoms with Crippen LogP contribution >= 0.6 is 0 Å². The SMILES string of the molecule is CCCN(CC)c1nc(NC)nc(OC)n1. The van der Waals surface area contributed by atoms with Crippen molar-refractivity contribution in [2.75, 3.05) is 37.5 Å². The molecule has 0 radical (unpaired) electrons. The van der Waals surface area contributed by atoms with Gasteiger partial charge >= 0.3 is 6.01 Å². The molecule has 1 rings (SSSR count). The van der Waals surface area contributed by atoms with Gasteiger partial charge in [0.1, 0.15) is 0 Å². The van der Waals surface area contributed by atoms with E-state index in [2.05, 4.69) is 39.0 Å². The molecule has 0 aliphatic rings. The van der Waals surface area contributed by atoms with Crippen LogP contribution in [0.3, 0.4) is 0 Å². The van der Waals surface area contributed by atoms with Gasteiger partial charge in [-0.25, -0.2) is 0 Å². The molecule has 0 bridgehead atoms. The summed E-state index contributed by atoms with van der Waals surface area (Å²) in [5.41, 5.74) is 0. The van der Waals surface area contributed by atoms with Gasteiger partial charge in [-0.15, -0.1) is 0 Å². The van der Waals surface area contributed by atoms with Gasteiger partial charge in [-0.2, -0.15) is 15.0 Å². The average Bonchev–Trinajstić information content (AvgIpc) is 2.35. The Balaban J connectivity index is 3.00. The van der Waals surface area contributed by atoms with Crippen molar-refractivity contribution in [1.29, 1.82) is 0 Å². The average molecular weight is 225 g/mol. The molecule has 1 aromatic rings. The van der Waals surface area contributed by atoms with Crippen LogP contribution in [0.2, 0.25) is 0 Å². The first kappa shape index (κ1) is 12.5. The Labute approximate surface area is 96.1 Å². The first-order valence-corrected chi connectivity index (χ1v) is 5.47. The van der Waals surface area contributed by atoms with Crippen LogP contribution in [0, 0.1) is 0 Å². The zero-order chi connectivity index (χ0) is 12.0. The number of hydrogen-bond donors (Lipinski definition) is 1. The number of anilines is 2. The summed E-state index contributed by atoms with van der Waals surface area (Å²) in [4.78, 5) is 14.7. The van der Waals surface area contributed by atoms with Crippen molar-refractivity contribution in [2.45, 2.75) is 20.3 Å². The van der Waals surface area contributed by atoms with Gasteiger partial charge in [-0.05, 0) is 13.3 Å². The molecule has 90 valence electrons. The van der Waals surface area contributed by atoms with E-state index < -0.39 is 0 Å². The highest BCUT2D eigenvalue weighted by atomic mass is 16.5. The number of methoxy groups -OCH3 is 1. The van der Waals surface area contributed by atoms with Gasteiger partial charge in [-0.3, -0.25) is 0 Å². The highest BCUT2D eigenvalue weighted by molar-refractivity contribution is 5.37. The van der Waals surface area contributed by atoms with E-state index in [4.69, 9.17) is 4.74 Å². The lowest BCUT2D eigenvalue weighted by atomic mass is 10.4. The molecule has 0 fully saturated rings. The number of hydrogen-bond acceptors (Lipinski definition) is 6. The molecule has 1 aromatic heterocycles. The number of rotatable bonds is 6. The van der Waals surface area contributed by atoms with E-state index in [1.807, 2.05) is 0 Å². The van der Waals surface area contributed by atoms with E-state index in [0.29, 0.717) is 17.9 Å². The zero-order valence-corrected chi connectivity index (χ0v) is 10.3. The van der Waals surface area contributed by atoms with Crippen LogP contribution in [-0.4, -0.2) is 42.2 Å². The Bertz CT molecular complexity index is 309. The smallest absolute Gasteiger partial charge is 0.322 e. The first-order valence-electron chi connectivity index (χ1n) is 5.47. The van der Waals surface area contributed by atoms with Gasteiger partial charge in [0.15, 0.2) is 0 Å². The molecule has 16 heavy (non-hydrogen) atoms. The second kappa shape index (κ2) is 6.09. The number of nitrogens with one attached hydrogen (secondary N) is 1. The lowest BCUT2D eigenvalue weighted by Gasteiger charge is -2.20. The van der Waals surface area contributed by atoms with E-state index >= 15 is 0 Å². The van der Waals surface area contributed by atoms with Crippen LogP contribution in [0.25, 0.3) is 0 Å². The molecule has 0 aromatic carbocycles. The van der Waals surface area contributed by atoms with Crippen molar-refractivity contribution in [3.63, 3.8) is 0 Å². The Kier molecular flexibility index (Phi) is 4.75. The van der Waals surface area contributed by atoms with Crippen molar-refractivity contribution < 1.29 is 4.74 Å². The Morgan fingerprint density at radius 1 is 1.25 bits per heavy atom. The molecule has 0 atom stereocenters. The van der Waals surface area contributed by atoms with Crippen molar-refractivity contribution in [3.05, 3.63) is 0 Å². The van der Waals surface area contributed by atoms with Crippen LogP contribution in [0.15, 0.2) is 0 Å². The normalized spacial score (nSPS) is 10.0. The molecule has 6 nitrogen and oxygen atoms in total. The molecular weight excluding hydrogens is 206 g/mol. The first-order chi connectivity index (χ1) is 7.74. The van der Waals surface area contributed by atoms with Gasteiger partial charge in [0, 0.05) is 20.1 Å².